The van der Waals surface area contributed by atoms with Crippen LogP contribution in [0.2, 0.25) is 5.02 Å². The molecule has 7 nitrogen and oxygen atoms in total. The number of fused-ring (bicyclic) bond motifs is 1. The minimum Gasteiger partial charge on any atom is -0.497 e. The summed E-state index contributed by atoms with van der Waals surface area (Å²) in [7, 11) is 1.65. The van der Waals surface area contributed by atoms with Crippen LogP contribution in [-0.4, -0.2) is 42.3 Å². The summed E-state index contributed by atoms with van der Waals surface area (Å²) in [5.41, 5.74) is 2.13. The number of hydrogen-bond acceptors (Lipinski definition) is 5. The predicted molar refractivity (Wildman–Crippen MR) is 146 cm³/mol. The number of rotatable bonds is 14. The predicted octanol–water partition coefficient (Wildman–Crippen LogP) is 5.69. The molecule has 0 aliphatic heterocycles. The van der Waals surface area contributed by atoms with Gasteiger partial charge in [0.1, 0.15) is 23.1 Å². The van der Waals surface area contributed by atoms with Crippen LogP contribution < -0.4 is 19.5 Å². The fraction of sp³-hybridized carbons (Fsp3) is 0.310. The molecule has 4 rings (SSSR count). The van der Waals surface area contributed by atoms with E-state index in [1.54, 1.807) is 31.4 Å². The molecule has 0 spiro atoms. The Kier molecular flexibility index (Phi) is 9.66. The summed E-state index contributed by atoms with van der Waals surface area (Å²) in [6.45, 7) is 2.04. The molecule has 4 aromatic rings. The largest absolute Gasteiger partial charge is 0.497 e. The molecule has 0 bridgehead atoms. The maximum absolute atomic E-state index is 12.1. The topological polar surface area (TPSA) is 74.6 Å². The lowest BCUT2D eigenvalue weighted by Crippen LogP contribution is -2.30. The Balaban J connectivity index is 1.22. The molecule has 0 fully saturated rings. The second-order valence-electron chi connectivity index (χ2n) is 8.60. The minimum absolute atomic E-state index is 0.0290. The van der Waals surface area contributed by atoms with Crippen molar-refractivity contribution in [3.8, 4) is 17.2 Å². The smallest absolute Gasteiger partial charge is 0.257 e. The Hall–Kier alpha value is -3.71. The zero-order chi connectivity index (χ0) is 25.9. The van der Waals surface area contributed by atoms with Gasteiger partial charge in [0.15, 0.2) is 6.61 Å². The monoisotopic (exact) mass is 521 g/mol. The van der Waals surface area contributed by atoms with E-state index in [2.05, 4.69) is 16.0 Å². The molecule has 0 saturated heterocycles. The lowest BCUT2D eigenvalue weighted by atomic mass is 10.2. The summed E-state index contributed by atoms with van der Waals surface area (Å²) in [6, 6.07) is 22.8. The van der Waals surface area contributed by atoms with E-state index >= 15 is 0 Å². The van der Waals surface area contributed by atoms with Crippen LogP contribution in [0.3, 0.4) is 0 Å². The third-order valence-corrected chi connectivity index (χ3v) is 6.17. The fourth-order valence-electron chi connectivity index (χ4n) is 4.00. The molecule has 0 aliphatic carbocycles. The molecule has 0 atom stereocenters. The Labute approximate surface area is 222 Å². The van der Waals surface area contributed by atoms with Gasteiger partial charge in [-0.3, -0.25) is 4.79 Å². The number of para-hydroxylation sites is 2. The number of benzene rings is 3. The molecule has 0 aliphatic rings. The lowest BCUT2D eigenvalue weighted by Gasteiger charge is -2.11. The average Bonchev–Trinajstić information content (AvgIpc) is 3.28. The van der Waals surface area contributed by atoms with Gasteiger partial charge in [-0.05, 0) is 79.9 Å². The number of unbranched alkanes of at least 4 members (excludes halogenated alkanes) is 1. The van der Waals surface area contributed by atoms with Crippen LogP contribution in [0, 0.1) is 0 Å². The normalized spacial score (nSPS) is 10.9. The molecule has 37 heavy (non-hydrogen) atoms. The lowest BCUT2D eigenvalue weighted by molar-refractivity contribution is -0.123. The SMILES string of the molecule is COc1ccc(OCCCCn2c(CCCNC(=O)COc3ccc(Cl)cc3)nc3ccccc32)cc1. The summed E-state index contributed by atoms with van der Waals surface area (Å²) in [5.74, 6) is 3.15. The first-order valence-electron chi connectivity index (χ1n) is 12.5. The molecular formula is C29H32ClN3O4. The van der Waals surface area contributed by atoms with Crippen molar-refractivity contribution in [3.05, 3.63) is 83.6 Å². The summed E-state index contributed by atoms with van der Waals surface area (Å²) in [5, 5.41) is 3.55. The van der Waals surface area contributed by atoms with Gasteiger partial charge in [0.05, 0.1) is 24.8 Å². The van der Waals surface area contributed by atoms with Crippen LogP contribution in [0.4, 0.5) is 0 Å². The Bertz CT molecular complexity index is 1270. The van der Waals surface area contributed by atoms with Crippen LogP contribution in [0.1, 0.15) is 25.1 Å². The number of aromatic nitrogens is 2. The van der Waals surface area contributed by atoms with E-state index in [9.17, 15) is 4.79 Å². The van der Waals surface area contributed by atoms with E-state index in [-0.39, 0.29) is 12.5 Å². The van der Waals surface area contributed by atoms with E-state index in [0.29, 0.717) is 23.9 Å². The van der Waals surface area contributed by atoms with Crippen LogP contribution in [-0.2, 0) is 17.8 Å². The molecule has 1 N–H and O–H groups in total. The van der Waals surface area contributed by atoms with Gasteiger partial charge in [-0.25, -0.2) is 4.98 Å². The van der Waals surface area contributed by atoms with Gasteiger partial charge in [-0.2, -0.15) is 0 Å². The summed E-state index contributed by atoms with van der Waals surface area (Å²) in [4.78, 5) is 17.0. The van der Waals surface area contributed by atoms with Crippen molar-refractivity contribution in [2.45, 2.75) is 32.2 Å². The molecule has 8 heteroatoms. The van der Waals surface area contributed by atoms with E-state index in [0.717, 1.165) is 60.6 Å². The number of carbonyl (C=O) groups excluding carboxylic acids is 1. The zero-order valence-electron chi connectivity index (χ0n) is 21.0. The van der Waals surface area contributed by atoms with Gasteiger partial charge in [-0.15, -0.1) is 0 Å². The van der Waals surface area contributed by atoms with Crippen molar-refractivity contribution in [1.82, 2.24) is 14.9 Å². The molecule has 0 saturated carbocycles. The van der Waals surface area contributed by atoms with Crippen molar-refractivity contribution in [1.29, 1.82) is 0 Å². The van der Waals surface area contributed by atoms with Gasteiger partial charge < -0.3 is 24.1 Å². The van der Waals surface area contributed by atoms with Crippen LogP contribution in [0.5, 0.6) is 17.2 Å². The van der Waals surface area contributed by atoms with Gasteiger partial charge in [-0.1, -0.05) is 23.7 Å². The summed E-state index contributed by atoms with van der Waals surface area (Å²) in [6.07, 6.45) is 3.47. The highest BCUT2D eigenvalue weighted by Crippen LogP contribution is 2.20. The van der Waals surface area contributed by atoms with Crippen LogP contribution >= 0.6 is 11.6 Å². The number of carbonyl (C=O) groups is 1. The quantitative estimate of drug-likeness (QED) is 0.216. The van der Waals surface area contributed by atoms with Gasteiger partial charge in [0, 0.05) is 24.5 Å². The Morgan fingerprint density at radius 3 is 2.38 bits per heavy atom. The third-order valence-electron chi connectivity index (χ3n) is 5.92. The number of hydrogen-bond donors (Lipinski definition) is 1. The molecule has 0 radical (unpaired) electrons. The van der Waals surface area contributed by atoms with Crippen LogP contribution in [0.25, 0.3) is 11.0 Å². The van der Waals surface area contributed by atoms with E-state index < -0.39 is 0 Å². The highest BCUT2D eigenvalue weighted by molar-refractivity contribution is 6.30. The second kappa shape index (κ2) is 13.6. The number of nitrogens with one attached hydrogen (secondary N) is 1. The molecule has 3 aromatic carbocycles. The van der Waals surface area contributed by atoms with Gasteiger partial charge >= 0.3 is 0 Å². The zero-order valence-corrected chi connectivity index (χ0v) is 21.7. The second-order valence-corrected chi connectivity index (χ2v) is 9.03. The maximum Gasteiger partial charge on any atom is 0.257 e. The first-order valence-corrected chi connectivity index (χ1v) is 12.9. The number of amides is 1. The van der Waals surface area contributed by atoms with E-state index in [1.807, 2.05) is 42.5 Å². The highest BCUT2D eigenvalue weighted by Gasteiger charge is 2.11. The Morgan fingerprint density at radius 1 is 0.892 bits per heavy atom. The van der Waals surface area contributed by atoms with Crippen molar-refractivity contribution < 1.29 is 19.0 Å². The van der Waals surface area contributed by atoms with Gasteiger partial charge in [0.25, 0.3) is 5.91 Å². The minimum atomic E-state index is -0.152. The summed E-state index contributed by atoms with van der Waals surface area (Å²) < 4.78 is 18.8. The molecule has 1 heterocycles. The number of halogens is 1. The number of methoxy groups -OCH3 is 1. The molecule has 194 valence electrons. The summed E-state index contributed by atoms with van der Waals surface area (Å²) >= 11 is 5.87. The molecule has 1 amide bonds. The third kappa shape index (κ3) is 7.89. The van der Waals surface area contributed by atoms with Gasteiger partial charge in [0.2, 0.25) is 0 Å². The highest BCUT2D eigenvalue weighted by atomic mass is 35.5. The molecular weight excluding hydrogens is 490 g/mol. The number of imidazole rings is 1. The Morgan fingerprint density at radius 2 is 1.59 bits per heavy atom. The number of aryl methyl sites for hydroxylation is 2. The van der Waals surface area contributed by atoms with E-state index in [4.69, 9.17) is 30.8 Å². The van der Waals surface area contributed by atoms with Crippen molar-refractivity contribution in [2.75, 3.05) is 26.9 Å². The number of ether oxygens (including phenoxy) is 3. The van der Waals surface area contributed by atoms with E-state index in [1.165, 1.54) is 0 Å². The fourth-order valence-corrected chi connectivity index (χ4v) is 4.13. The molecule has 0 unspecified atom stereocenters. The maximum atomic E-state index is 12.1. The first kappa shape index (κ1) is 26.4. The van der Waals surface area contributed by atoms with Crippen molar-refractivity contribution in [3.63, 3.8) is 0 Å². The van der Waals surface area contributed by atoms with Crippen LogP contribution in [0.15, 0.2) is 72.8 Å². The standard InChI is InChI=1S/C29H32ClN3O4/c1-35-23-14-16-24(17-15-23)36-20-5-4-19-33-27-8-3-2-7-26(27)32-28(33)9-6-18-31-29(34)21-37-25-12-10-22(30)11-13-25/h2-3,7-8,10-17H,4-6,9,18-21H2,1H3,(H,31,34). The number of nitrogens with zero attached hydrogens (tertiary/aromatic N) is 2. The van der Waals surface area contributed by atoms with Crippen molar-refractivity contribution >= 4 is 28.5 Å². The average molecular weight is 522 g/mol. The molecule has 1 aromatic heterocycles. The van der Waals surface area contributed by atoms with Crippen molar-refractivity contribution in [2.24, 2.45) is 0 Å². The first-order chi connectivity index (χ1) is 18.1.